The molecule has 0 aromatic carbocycles. The van der Waals surface area contributed by atoms with Crippen LogP contribution in [0.1, 0.15) is 32.1 Å². The molecule has 1 aliphatic rings. The first kappa shape index (κ1) is 12.0. The molecule has 1 unspecified atom stereocenters. The van der Waals surface area contributed by atoms with Gasteiger partial charge in [-0.3, -0.25) is 0 Å². The van der Waals surface area contributed by atoms with E-state index in [2.05, 4.69) is 5.32 Å². The Morgan fingerprint density at radius 1 is 1.21 bits per heavy atom. The van der Waals surface area contributed by atoms with E-state index in [0.29, 0.717) is 0 Å². The number of nitrogens with one attached hydrogen (secondary N) is 1. The number of unbranched alkanes of at least 4 members (excludes halogenated alkanes) is 3. The monoisotopic (exact) mass is 200 g/mol. The molecule has 0 bridgehead atoms. The lowest BCUT2D eigenvalue weighted by Crippen LogP contribution is -2.23. The number of hydrogen-bond donors (Lipinski definition) is 2. The van der Waals surface area contributed by atoms with Gasteiger partial charge in [0.15, 0.2) is 0 Å². The number of hydrogen-bond acceptors (Lipinski definition) is 3. The van der Waals surface area contributed by atoms with Crippen LogP contribution in [-0.4, -0.2) is 32.8 Å². The van der Waals surface area contributed by atoms with Crippen molar-refractivity contribution >= 4 is 0 Å². The van der Waals surface area contributed by atoms with E-state index in [1.54, 1.807) is 0 Å². The molecule has 3 heteroatoms. The minimum atomic E-state index is 0.763. The van der Waals surface area contributed by atoms with Gasteiger partial charge in [0.25, 0.3) is 0 Å². The summed E-state index contributed by atoms with van der Waals surface area (Å²) in [6, 6.07) is 0. The summed E-state index contributed by atoms with van der Waals surface area (Å²) < 4.78 is 5.31. The maximum absolute atomic E-state index is 5.42. The van der Waals surface area contributed by atoms with Crippen molar-refractivity contribution in [2.45, 2.75) is 32.1 Å². The number of ether oxygens (including phenoxy) is 1. The summed E-state index contributed by atoms with van der Waals surface area (Å²) in [7, 11) is 0. The zero-order valence-electron chi connectivity index (χ0n) is 9.13. The van der Waals surface area contributed by atoms with Crippen molar-refractivity contribution in [3.8, 4) is 0 Å². The molecule has 0 radical (unpaired) electrons. The van der Waals surface area contributed by atoms with E-state index in [1.807, 2.05) is 0 Å². The summed E-state index contributed by atoms with van der Waals surface area (Å²) in [5, 5.41) is 3.49. The minimum absolute atomic E-state index is 0.763. The molecule has 14 heavy (non-hydrogen) atoms. The molecule has 0 saturated carbocycles. The molecule has 1 aliphatic heterocycles. The molecule has 1 heterocycles. The van der Waals surface area contributed by atoms with Gasteiger partial charge in [0.1, 0.15) is 0 Å². The molecule has 84 valence electrons. The van der Waals surface area contributed by atoms with Gasteiger partial charge in [-0.25, -0.2) is 0 Å². The highest BCUT2D eigenvalue weighted by atomic mass is 16.5. The van der Waals surface area contributed by atoms with Gasteiger partial charge < -0.3 is 15.8 Å². The second-order valence-electron chi connectivity index (χ2n) is 4.14. The number of rotatable bonds is 8. The topological polar surface area (TPSA) is 47.3 Å². The molecule has 0 aliphatic carbocycles. The predicted molar refractivity (Wildman–Crippen MR) is 59.3 cm³/mol. The molecule has 0 spiro atoms. The van der Waals surface area contributed by atoms with E-state index in [-0.39, 0.29) is 0 Å². The fourth-order valence-corrected chi connectivity index (χ4v) is 1.80. The van der Waals surface area contributed by atoms with Gasteiger partial charge in [-0.15, -0.1) is 0 Å². The van der Waals surface area contributed by atoms with E-state index in [9.17, 15) is 0 Å². The molecule has 0 aromatic heterocycles. The molecule has 1 atom stereocenters. The molecular weight excluding hydrogens is 176 g/mol. The van der Waals surface area contributed by atoms with Crippen molar-refractivity contribution in [3.05, 3.63) is 0 Å². The van der Waals surface area contributed by atoms with E-state index in [4.69, 9.17) is 10.5 Å². The lowest BCUT2D eigenvalue weighted by molar-refractivity contribution is 0.185. The van der Waals surface area contributed by atoms with E-state index >= 15 is 0 Å². The van der Waals surface area contributed by atoms with Crippen LogP contribution in [0.5, 0.6) is 0 Å². The van der Waals surface area contributed by atoms with Gasteiger partial charge in [-0.2, -0.15) is 0 Å². The zero-order chi connectivity index (χ0) is 10.1. The lowest BCUT2D eigenvalue weighted by atomic mass is 10.1. The van der Waals surface area contributed by atoms with Crippen molar-refractivity contribution in [2.75, 3.05) is 32.8 Å². The standard InChI is InChI=1S/C11H24N2O/c12-6-3-1-2-4-7-13-9-11-5-8-14-10-11/h11,13H,1-10,12H2. The first-order valence-corrected chi connectivity index (χ1v) is 5.92. The average Bonchev–Trinajstić information content (AvgIpc) is 2.69. The van der Waals surface area contributed by atoms with Crippen LogP contribution < -0.4 is 11.1 Å². The van der Waals surface area contributed by atoms with Crippen LogP contribution in [0.3, 0.4) is 0 Å². The van der Waals surface area contributed by atoms with Gasteiger partial charge in [0, 0.05) is 13.2 Å². The van der Waals surface area contributed by atoms with Crippen molar-refractivity contribution < 1.29 is 4.74 Å². The van der Waals surface area contributed by atoms with Crippen LogP contribution >= 0.6 is 0 Å². The Kier molecular flexibility index (Phi) is 7.01. The highest BCUT2D eigenvalue weighted by Gasteiger charge is 2.14. The van der Waals surface area contributed by atoms with E-state index in [1.165, 1.54) is 32.1 Å². The Hall–Kier alpha value is -0.120. The Morgan fingerprint density at radius 3 is 2.79 bits per heavy atom. The summed E-state index contributed by atoms with van der Waals surface area (Å²) in [6.45, 7) is 5.05. The minimum Gasteiger partial charge on any atom is -0.381 e. The lowest BCUT2D eigenvalue weighted by Gasteiger charge is -2.08. The Bertz CT molecular complexity index is 124. The summed E-state index contributed by atoms with van der Waals surface area (Å²) in [5.41, 5.74) is 5.42. The second kappa shape index (κ2) is 8.21. The fourth-order valence-electron chi connectivity index (χ4n) is 1.80. The smallest absolute Gasteiger partial charge is 0.0507 e. The Morgan fingerprint density at radius 2 is 2.07 bits per heavy atom. The van der Waals surface area contributed by atoms with Gasteiger partial charge >= 0.3 is 0 Å². The van der Waals surface area contributed by atoms with Crippen molar-refractivity contribution in [3.63, 3.8) is 0 Å². The van der Waals surface area contributed by atoms with Crippen LogP contribution in [-0.2, 0) is 4.74 Å². The van der Waals surface area contributed by atoms with Crippen LogP contribution in [0.15, 0.2) is 0 Å². The molecule has 1 rings (SSSR count). The summed E-state index contributed by atoms with van der Waals surface area (Å²) in [6.07, 6.45) is 6.29. The van der Waals surface area contributed by atoms with Crippen molar-refractivity contribution in [2.24, 2.45) is 11.7 Å². The third-order valence-electron chi connectivity index (χ3n) is 2.76. The highest BCUT2D eigenvalue weighted by molar-refractivity contribution is 4.66. The van der Waals surface area contributed by atoms with Crippen molar-refractivity contribution in [1.82, 2.24) is 5.32 Å². The first-order valence-electron chi connectivity index (χ1n) is 5.92. The van der Waals surface area contributed by atoms with Crippen LogP contribution in [0, 0.1) is 5.92 Å². The molecule has 3 nitrogen and oxygen atoms in total. The Labute approximate surface area is 87.4 Å². The van der Waals surface area contributed by atoms with Gasteiger partial charge in [0.05, 0.1) is 6.61 Å². The summed E-state index contributed by atoms with van der Waals surface area (Å²) in [4.78, 5) is 0. The maximum atomic E-state index is 5.42. The van der Waals surface area contributed by atoms with Gasteiger partial charge in [-0.1, -0.05) is 12.8 Å². The van der Waals surface area contributed by atoms with Crippen LogP contribution in [0.2, 0.25) is 0 Å². The van der Waals surface area contributed by atoms with E-state index < -0.39 is 0 Å². The van der Waals surface area contributed by atoms with Crippen LogP contribution in [0.25, 0.3) is 0 Å². The molecule has 1 fully saturated rings. The first-order chi connectivity index (χ1) is 6.93. The summed E-state index contributed by atoms with van der Waals surface area (Å²) in [5.74, 6) is 0.763. The zero-order valence-corrected chi connectivity index (χ0v) is 9.13. The Balaban J connectivity index is 1.75. The normalized spacial score (nSPS) is 21.6. The fraction of sp³-hybridized carbons (Fsp3) is 1.00. The third kappa shape index (κ3) is 5.58. The van der Waals surface area contributed by atoms with Gasteiger partial charge in [0.2, 0.25) is 0 Å². The predicted octanol–water partition coefficient (Wildman–Crippen LogP) is 1.13. The molecular formula is C11H24N2O. The largest absolute Gasteiger partial charge is 0.381 e. The quantitative estimate of drug-likeness (QED) is 0.577. The average molecular weight is 200 g/mol. The number of nitrogens with two attached hydrogens (primary N) is 1. The van der Waals surface area contributed by atoms with Gasteiger partial charge in [-0.05, 0) is 38.3 Å². The van der Waals surface area contributed by atoms with Crippen molar-refractivity contribution in [1.29, 1.82) is 0 Å². The van der Waals surface area contributed by atoms with E-state index in [0.717, 1.165) is 38.8 Å². The second-order valence-corrected chi connectivity index (χ2v) is 4.14. The molecule has 0 amide bonds. The maximum Gasteiger partial charge on any atom is 0.0507 e. The molecule has 0 aromatic rings. The highest BCUT2D eigenvalue weighted by Crippen LogP contribution is 2.10. The third-order valence-corrected chi connectivity index (χ3v) is 2.76. The summed E-state index contributed by atoms with van der Waals surface area (Å²) >= 11 is 0. The van der Waals surface area contributed by atoms with Crippen LogP contribution in [0.4, 0.5) is 0 Å². The molecule has 3 N–H and O–H groups in total. The SMILES string of the molecule is NCCCCCCNCC1CCOC1. The molecule has 1 saturated heterocycles.